The van der Waals surface area contributed by atoms with Crippen LogP contribution in [0.3, 0.4) is 0 Å². The second-order valence-corrected chi connectivity index (χ2v) is 13.6. The van der Waals surface area contributed by atoms with E-state index in [1.165, 1.54) is 69.1 Å². The minimum atomic E-state index is 0.606. The fourth-order valence-electron chi connectivity index (χ4n) is 7.92. The largest absolute Gasteiger partial charge is 0.309 e. The van der Waals surface area contributed by atoms with Gasteiger partial charge in [0.05, 0.1) is 22.1 Å². The highest BCUT2D eigenvalue weighted by Gasteiger charge is 2.24. The Morgan fingerprint density at radius 1 is 0.429 bits per heavy atom. The van der Waals surface area contributed by atoms with Crippen molar-refractivity contribution in [3.8, 4) is 22.8 Å². The zero-order valence-corrected chi connectivity index (χ0v) is 26.9. The van der Waals surface area contributed by atoms with Gasteiger partial charge in [0.1, 0.15) is 12.7 Å². The zero-order chi connectivity index (χ0) is 32.1. The van der Waals surface area contributed by atoms with Gasteiger partial charge in [-0.3, -0.25) is 4.57 Å². The first-order valence-corrected chi connectivity index (χ1v) is 17.2. The third-order valence-electron chi connectivity index (χ3n) is 9.96. The predicted octanol–water partition coefficient (Wildman–Crippen LogP) is 11.3. The number of benzene rings is 7. The molecule has 0 unspecified atom stereocenters. The van der Waals surface area contributed by atoms with E-state index >= 15 is 0 Å². The Kier molecular flexibility index (Phi) is 5.48. The molecule has 0 saturated heterocycles. The van der Waals surface area contributed by atoms with Gasteiger partial charge in [-0.2, -0.15) is 0 Å². The smallest absolute Gasteiger partial charge is 0.237 e. The SMILES string of the molecule is c1ccc2c(c1)sc1cc(-c3ccc(-n4c5ccccc5c5c4c4ccccc4c4c6ccccc6n(-c6ncncn6)c45)cc3)ccc12. The number of nitrogens with zero attached hydrogens (tertiary/aromatic N) is 5. The molecule has 11 rings (SSSR count). The molecule has 7 aromatic carbocycles. The van der Waals surface area contributed by atoms with Crippen molar-refractivity contribution in [2.75, 3.05) is 0 Å². The lowest BCUT2D eigenvalue weighted by atomic mass is 9.99. The van der Waals surface area contributed by atoms with Gasteiger partial charge in [0.25, 0.3) is 0 Å². The van der Waals surface area contributed by atoms with Crippen molar-refractivity contribution in [3.63, 3.8) is 0 Å². The second-order valence-electron chi connectivity index (χ2n) is 12.5. The van der Waals surface area contributed by atoms with Gasteiger partial charge in [-0.05, 0) is 52.9 Å². The molecule has 5 nitrogen and oxygen atoms in total. The lowest BCUT2D eigenvalue weighted by Gasteiger charge is -2.13. The zero-order valence-electron chi connectivity index (χ0n) is 26.1. The van der Waals surface area contributed by atoms with Crippen LogP contribution in [0.2, 0.25) is 0 Å². The van der Waals surface area contributed by atoms with Crippen LogP contribution in [-0.4, -0.2) is 24.1 Å². The van der Waals surface area contributed by atoms with Crippen molar-refractivity contribution in [2.45, 2.75) is 0 Å². The van der Waals surface area contributed by atoms with Crippen molar-refractivity contribution in [3.05, 3.63) is 152 Å². The number of aromatic nitrogens is 5. The standard InChI is InChI=1S/C43H25N5S/c1-2-11-32-31(10-1)39-33-12-3-7-15-36(33)48(43-45-24-44-25-46-43)42(39)40-34-13-4-6-14-35(34)47(41(32)40)28-20-17-26(18-21-28)27-19-22-30-29-9-5-8-16-37(29)49-38(30)23-27/h1-25H. The monoisotopic (exact) mass is 643 g/mol. The van der Waals surface area contributed by atoms with Crippen molar-refractivity contribution >= 4 is 85.9 Å². The quantitative estimate of drug-likeness (QED) is 0.192. The molecule has 4 aromatic heterocycles. The van der Waals surface area contributed by atoms with Gasteiger partial charge in [0, 0.05) is 52.8 Å². The summed E-state index contributed by atoms with van der Waals surface area (Å²) in [5, 5.41) is 9.80. The van der Waals surface area contributed by atoms with E-state index in [4.69, 9.17) is 0 Å². The normalized spacial score (nSPS) is 12.1. The summed E-state index contributed by atoms with van der Waals surface area (Å²) in [5.41, 5.74) is 8.03. The van der Waals surface area contributed by atoms with E-state index in [1.54, 1.807) is 12.7 Å². The van der Waals surface area contributed by atoms with Crippen LogP contribution in [0.1, 0.15) is 0 Å². The molecule has 0 radical (unpaired) electrons. The molecule has 228 valence electrons. The van der Waals surface area contributed by atoms with Crippen LogP contribution in [0.4, 0.5) is 0 Å². The van der Waals surface area contributed by atoms with Crippen LogP contribution in [0.5, 0.6) is 0 Å². The Morgan fingerprint density at radius 3 is 1.80 bits per heavy atom. The molecule has 11 aromatic rings. The lowest BCUT2D eigenvalue weighted by Crippen LogP contribution is -2.01. The van der Waals surface area contributed by atoms with Crippen LogP contribution in [0.25, 0.3) is 97.3 Å². The third kappa shape index (κ3) is 3.72. The molecule has 49 heavy (non-hydrogen) atoms. The fraction of sp³-hybridized carbons (Fsp3) is 0. The minimum absolute atomic E-state index is 0.606. The van der Waals surface area contributed by atoms with Crippen LogP contribution < -0.4 is 0 Å². The Morgan fingerprint density at radius 2 is 1.02 bits per heavy atom. The molecular formula is C43H25N5S. The van der Waals surface area contributed by atoms with Crippen molar-refractivity contribution in [1.82, 2.24) is 24.1 Å². The molecule has 0 aliphatic carbocycles. The number of para-hydroxylation sites is 2. The minimum Gasteiger partial charge on any atom is -0.309 e. The Balaban J connectivity index is 1.21. The molecular weight excluding hydrogens is 619 g/mol. The highest BCUT2D eigenvalue weighted by Crippen LogP contribution is 2.46. The highest BCUT2D eigenvalue weighted by atomic mass is 32.1. The van der Waals surface area contributed by atoms with E-state index in [-0.39, 0.29) is 0 Å². The third-order valence-corrected chi connectivity index (χ3v) is 11.1. The summed E-state index contributed by atoms with van der Waals surface area (Å²) in [6.45, 7) is 0. The lowest BCUT2D eigenvalue weighted by molar-refractivity contribution is 0.941. The summed E-state index contributed by atoms with van der Waals surface area (Å²) in [6, 6.07) is 50.7. The maximum Gasteiger partial charge on any atom is 0.237 e. The van der Waals surface area contributed by atoms with Crippen molar-refractivity contribution in [1.29, 1.82) is 0 Å². The summed E-state index contributed by atoms with van der Waals surface area (Å²) in [6.07, 6.45) is 3.15. The Bertz CT molecular complexity index is 3100. The first kappa shape index (κ1) is 26.7. The van der Waals surface area contributed by atoms with Crippen LogP contribution in [-0.2, 0) is 0 Å². The van der Waals surface area contributed by atoms with Crippen molar-refractivity contribution < 1.29 is 0 Å². The van der Waals surface area contributed by atoms with Crippen LogP contribution in [0.15, 0.2) is 152 Å². The number of fused-ring (bicyclic) bond motifs is 13. The highest BCUT2D eigenvalue weighted by molar-refractivity contribution is 7.25. The average molecular weight is 644 g/mol. The van der Waals surface area contributed by atoms with E-state index in [2.05, 4.69) is 164 Å². The Labute approximate surface area is 284 Å². The van der Waals surface area contributed by atoms with E-state index in [0.717, 1.165) is 22.2 Å². The van der Waals surface area contributed by atoms with Gasteiger partial charge < -0.3 is 4.57 Å². The average Bonchev–Trinajstić information content (AvgIpc) is 3.83. The van der Waals surface area contributed by atoms with Gasteiger partial charge in [0.15, 0.2) is 0 Å². The van der Waals surface area contributed by atoms with E-state index in [0.29, 0.717) is 5.95 Å². The molecule has 6 heteroatoms. The first-order chi connectivity index (χ1) is 24.3. The van der Waals surface area contributed by atoms with Crippen LogP contribution >= 0.6 is 11.3 Å². The topological polar surface area (TPSA) is 48.5 Å². The summed E-state index contributed by atoms with van der Waals surface area (Å²) < 4.78 is 7.29. The van der Waals surface area contributed by atoms with Gasteiger partial charge >= 0.3 is 0 Å². The van der Waals surface area contributed by atoms with Gasteiger partial charge in [-0.25, -0.2) is 15.0 Å². The number of rotatable bonds is 3. The molecule has 0 fully saturated rings. The number of thiophene rings is 1. The van der Waals surface area contributed by atoms with Crippen LogP contribution in [0, 0.1) is 0 Å². The molecule has 0 aliphatic heterocycles. The van der Waals surface area contributed by atoms with E-state index < -0.39 is 0 Å². The van der Waals surface area contributed by atoms with E-state index in [1.807, 2.05) is 11.3 Å². The van der Waals surface area contributed by atoms with Gasteiger partial charge in [-0.15, -0.1) is 11.3 Å². The van der Waals surface area contributed by atoms with Gasteiger partial charge in [-0.1, -0.05) is 103 Å². The second kappa shape index (κ2) is 10.1. The van der Waals surface area contributed by atoms with E-state index in [9.17, 15) is 0 Å². The fourth-order valence-corrected chi connectivity index (χ4v) is 9.07. The predicted molar refractivity (Wildman–Crippen MR) is 204 cm³/mol. The molecule has 0 N–H and O–H groups in total. The molecule has 4 heterocycles. The summed E-state index contributed by atoms with van der Waals surface area (Å²) >= 11 is 1.86. The maximum absolute atomic E-state index is 4.66. The first-order valence-electron chi connectivity index (χ1n) is 16.3. The molecule has 0 saturated carbocycles. The Hall–Kier alpha value is -6.37. The summed E-state index contributed by atoms with van der Waals surface area (Å²) in [5.74, 6) is 0.606. The maximum atomic E-state index is 4.66. The summed E-state index contributed by atoms with van der Waals surface area (Å²) in [4.78, 5) is 13.5. The molecule has 0 bridgehead atoms. The molecule has 0 amide bonds. The van der Waals surface area contributed by atoms with Gasteiger partial charge in [0.2, 0.25) is 5.95 Å². The summed E-state index contributed by atoms with van der Waals surface area (Å²) in [7, 11) is 0. The molecule has 0 spiro atoms. The molecule has 0 aliphatic rings. The number of hydrogen-bond donors (Lipinski definition) is 0. The van der Waals surface area contributed by atoms with Crippen molar-refractivity contribution in [2.24, 2.45) is 0 Å². The molecule has 0 atom stereocenters. The number of hydrogen-bond acceptors (Lipinski definition) is 4.